The molecule has 2 aromatic rings. The molecule has 1 fully saturated rings. The Bertz CT molecular complexity index is 1100. The molecule has 3 N–H and O–H groups in total. The molecule has 0 saturated carbocycles. The quantitative estimate of drug-likeness (QED) is 0.577. The Kier molecular flexibility index (Phi) is 6.79. The lowest BCUT2D eigenvalue weighted by Crippen LogP contribution is -2.62. The van der Waals surface area contributed by atoms with Gasteiger partial charge in [0.05, 0.1) is 17.8 Å². The van der Waals surface area contributed by atoms with E-state index in [0.29, 0.717) is 5.75 Å². The molecule has 3 rings (SSSR count). The number of anilines is 1. The number of carbonyl (C=O) groups is 1. The number of amides is 1. The lowest BCUT2D eigenvalue weighted by molar-refractivity contribution is 0.0873. The first-order chi connectivity index (χ1) is 14.8. The molecule has 2 aromatic carbocycles. The first-order valence-electron chi connectivity index (χ1n) is 10.4. The van der Waals surface area contributed by atoms with Crippen molar-refractivity contribution in [3.63, 3.8) is 0 Å². The molecule has 1 heterocycles. The second-order valence-corrected chi connectivity index (χ2v) is 11.5. The standard InChI is InChI=1S/C23H30ClN3O4S/c1-22(2)13-16(14-23(3,4)27-22)25-21(28)15-10-11-17(24)20(12-15)32(29,30)26-18-8-6-7-9-19(18)31-5/h6-12,16,26-27H,13-14H2,1-5H3,(H,25,28). The van der Waals surface area contributed by atoms with E-state index in [1.807, 2.05) is 0 Å². The molecule has 9 heteroatoms. The van der Waals surface area contributed by atoms with Crippen LogP contribution in [0.1, 0.15) is 50.9 Å². The topological polar surface area (TPSA) is 96.5 Å². The Morgan fingerprint density at radius 2 is 1.72 bits per heavy atom. The number of carbonyl (C=O) groups excluding carboxylic acids is 1. The second kappa shape index (κ2) is 8.92. The highest BCUT2D eigenvalue weighted by atomic mass is 35.5. The fourth-order valence-electron chi connectivity index (χ4n) is 4.47. The van der Waals surface area contributed by atoms with E-state index in [9.17, 15) is 13.2 Å². The van der Waals surface area contributed by atoms with Crippen LogP contribution in [0.15, 0.2) is 47.4 Å². The van der Waals surface area contributed by atoms with Crippen LogP contribution in [0.4, 0.5) is 5.69 Å². The molecular weight excluding hydrogens is 450 g/mol. The van der Waals surface area contributed by atoms with E-state index in [1.54, 1.807) is 24.3 Å². The molecule has 7 nitrogen and oxygen atoms in total. The van der Waals surface area contributed by atoms with Gasteiger partial charge in [-0.15, -0.1) is 0 Å². The van der Waals surface area contributed by atoms with Crippen LogP contribution in [0.5, 0.6) is 5.75 Å². The summed E-state index contributed by atoms with van der Waals surface area (Å²) in [6.45, 7) is 8.40. The van der Waals surface area contributed by atoms with Gasteiger partial charge in [0, 0.05) is 22.7 Å². The van der Waals surface area contributed by atoms with Crippen LogP contribution in [-0.2, 0) is 10.0 Å². The molecule has 0 atom stereocenters. The molecule has 1 aliphatic heterocycles. The number of hydrogen-bond acceptors (Lipinski definition) is 5. The summed E-state index contributed by atoms with van der Waals surface area (Å²) >= 11 is 6.20. The number of ether oxygens (including phenoxy) is 1. The molecule has 1 amide bonds. The number of halogens is 1. The Labute approximate surface area is 194 Å². The van der Waals surface area contributed by atoms with Crippen LogP contribution < -0.4 is 20.1 Å². The Hall–Kier alpha value is -2.29. The molecule has 174 valence electrons. The molecule has 1 saturated heterocycles. The largest absolute Gasteiger partial charge is 0.495 e. The second-order valence-electron chi connectivity index (χ2n) is 9.42. The highest BCUT2D eigenvalue weighted by Gasteiger charge is 2.38. The van der Waals surface area contributed by atoms with Gasteiger partial charge >= 0.3 is 0 Å². The van der Waals surface area contributed by atoms with E-state index in [1.165, 1.54) is 25.3 Å². The Balaban J connectivity index is 1.84. The van der Waals surface area contributed by atoms with Gasteiger partial charge < -0.3 is 15.4 Å². The van der Waals surface area contributed by atoms with Crippen molar-refractivity contribution >= 4 is 33.2 Å². The average Bonchev–Trinajstić information content (AvgIpc) is 2.65. The van der Waals surface area contributed by atoms with E-state index in [-0.39, 0.29) is 44.2 Å². The van der Waals surface area contributed by atoms with Crippen molar-refractivity contribution in [3.05, 3.63) is 53.1 Å². The molecule has 32 heavy (non-hydrogen) atoms. The monoisotopic (exact) mass is 479 g/mol. The van der Waals surface area contributed by atoms with Gasteiger partial charge in [-0.05, 0) is 70.9 Å². The van der Waals surface area contributed by atoms with Crippen molar-refractivity contribution in [2.75, 3.05) is 11.8 Å². The molecule has 0 unspecified atom stereocenters. The van der Waals surface area contributed by atoms with Crippen LogP contribution in [0.2, 0.25) is 5.02 Å². The maximum absolute atomic E-state index is 13.0. The number of rotatable bonds is 6. The first-order valence-corrected chi connectivity index (χ1v) is 12.2. The summed E-state index contributed by atoms with van der Waals surface area (Å²) in [6.07, 6.45) is 1.52. The maximum Gasteiger partial charge on any atom is 0.263 e. The molecule has 0 aliphatic carbocycles. The maximum atomic E-state index is 13.0. The van der Waals surface area contributed by atoms with Crippen molar-refractivity contribution in [2.24, 2.45) is 0 Å². The third-order valence-corrected chi connectivity index (χ3v) is 7.21. The summed E-state index contributed by atoms with van der Waals surface area (Å²) in [4.78, 5) is 12.8. The van der Waals surface area contributed by atoms with Gasteiger partial charge in [-0.1, -0.05) is 23.7 Å². The molecule has 1 aliphatic rings. The predicted molar refractivity (Wildman–Crippen MR) is 127 cm³/mol. The van der Waals surface area contributed by atoms with E-state index < -0.39 is 10.0 Å². The van der Waals surface area contributed by atoms with E-state index in [2.05, 4.69) is 43.1 Å². The molecule has 0 bridgehead atoms. The van der Waals surface area contributed by atoms with Crippen molar-refractivity contribution in [2.45, 2.75) is 62.6 Å². The molecular formula is C23H30ClN3O4S. The number of para-hydroxylation sites is 2. The zero-order valence-electron chi connectivity index (χ0n) is 19.0. The van der Waals surface area contributed by atoms with Crippen LogP contribution in [0.25, 0.3) is 0 Å². The highest BCUT2D eigenvalue weighted by molar-refractivity contribution is 7.92. The third kappa shape index (κ3) is 5.74. The van der Waals surface area contributed by atoms with E-state index in [0.717, 1.165) is 12.8 Å². The summed E-state index contributed by atoms with van der Waals surface area (Å²) in [6, 6.07) is 10.8. The lowest BCUT2D eigenvalue weighted by atomic mass is 9.79. The number of methoxy groups -OCH3 is 1. The Morgan fingerprint density at radius 3 is 2.34 bits per heavy atom. The lowest BCUT2D eigenvalue weighted by Gasteiger charge is -2.46. The fraction of sp³-hybridized carbons (Fsp3) is 0.435. The molecule has 0 radical (unpaired) electrons. The Morgan fingerprint density at radius 1 is 1.09 bits per heavy atom. The minimum Gasteiger partial charge on any atom is -0.495 e. The van der Waals surface area contributed by atoms with Crippen LogP contribution >= 0.6 is 11.6 Å². The number of nitrogens with one attached hydrogen (secondary N) is 3. The zero-order chi connectivity index (χ0) is 23.7. The highest BCUT2D eigenvalue weighted by Crippen LogP contribution is 2.31. The number of piperidine rings is 1. The number of hydrogen-bond donors (Lipinski definition) is 3. The smallest absolute Gasteiger partial charge is 0.263 e. The summed E-state index contributed by atoms with van der Waals surface area (Å²) in [5, 5.41) is 6.65. The normalized spacial score (nSPS) is 18.1. The van der Waals surface area contributed by atoms with Crippen molar-refractivity contribution in [3.8, 4) is 5.75 Å². The minimum absolute atomic E-state index is 0.0214. The van der Waals surface area contributed by atoms with Crippen molar-refractivity contribution in [1.29, 1.82) is 0 Å². The number of sulfonamides is 1. The average molecular weight is 480 g/mol. The fourth-order valence-corrected chi connectivity index (χ4v) is 6.07. The molecule has 0 spiro atoms. The van der Waals surface area contributed by atoms with Crippen LogP contribution in [0.3, 0.4) is 0 Å². The van der Waals surface area contributed by atoms with E-state index in [4.69, 9.17) is 16.3 Å². The van der Waals surface area contributed by atoms with Gasteiger partial charge in [-0.25, -0.2) is 8.42 Å². The van der Waals surface area contributed by atoms with E-state index >= 15 is 0 Å². The van der Waals surface area contributed by atoms with Gasteiger partial charge in [0.15, 0.2) is 0 Å². The van der Waals surface area contributed by atoms with Gasteiger partial charge in [0.25, 0.3) is 15.9 Å². The van der Waals surface area contributed by atoms with Gasteiger partial charge in [-0.3, -0.25) is 9.52 Å². The van der Waals surface area contributed by atoms with Crippen molar-refractivity contribution in [1.82, 2.24) is 10.6 Å². The number of benzene rings is 2. The first kappa shape index (κ1) is 24.4. The zero-order valence-corrected chi connectivity index (χ0v) is 20.5. The van der Waals surface area contributed by atoms with Gasteiger partial charge in [0.1, 0.15) is 10.6 Å². The summed E-state index contributed by atoms with van der Waals surface area (Å²) < 4.78 is 33.8. The molecule has 0 aromatic heterocycles. The SMILES string of the molecule is COc1ccccc1NS(=O)(=O)c1cc(C(=O)NC2CC(C)(C)NC(C)(C)C2)ccc1Cl. The summed E-state index contributed by atoms with van der Waals surface area (Å²) in [5.41, 5.74) is 0.240. The van der Waals surface area contributed by atoms with Crippen LogP contribution in [-0.4, -0.2) is 38.6 Å². The predicted octanol–water partition coefficient (Wildman–Crippen LogP) is 4.19. The summed E-state index contributed by atoms with van der Waals surface area (Å²) in [5.74, 6) is 0.0335. The van der Waals surface area contributed by atoms with Crippen LogP contribution in [0, 0.1) is 0 Å². The van der Waals surface area contributed by atoms with Gasteiger partial charge in [-0.2, -0.15) is 0 Å². The minimum atomic E-state index is -4.05. The van der Waals surface area contributed by atoms with Crippen molar-refractivity contribution < 1.29 is 17.9 Å². The summed E-state index contributed by atoms with van der Waals surface area (Å²) in [7, 11) is -2.60. The van der Waals surface area contributed by atoms with Gasteiger partial charge in [0.2, 0.25) is 0 Å². The third-order valence-electron chi connectivity index (χ3n) is 5.36.